The highest BCUT2D eigenvalue weighted by molar-refractivity contribution is 5.94. The summed E-state index contributed by atoms with van der Waals surface area (Å²) in [5, 5.41) is 2.54. The van der Waals surface area contributed by atoms with Gasteiger partial charge in [0.1, 0.15) is 24.0 Å². The number of ether oxygens (including phenoxy) is 1. The van der Waals surface area contributed by atoms with Gasteiger partial charge in [-0.3, -0.25) is 4.79 Å². The first-order valence-electron chi connectivity index (χ1n) is 7.74. The van der Waals surface area contributed by atoms with E-state index in [1.165, 1.54) is 5.56 Å². The first-order chi connectivity index (χ1) is 11.3. The van der Waals surface area contributed by atoms with Crippen molar-refractivity contribution in [1.82, 2.24) is 5.32 Å². The van der Waals surface area contributed by atoms with Crippen molar-refractivity contribution in [2.45, 2.75) is 26.2 Å². The van der Waals surface area contributed by atoms with Gasteiger partial charge in [-0.1, -0.05) is 32.9 Å². The minimum Gasteiger partial charge on any atom is -0.492 e. The molecule has 0 aliphatic heterocycles. The highest BCUT2D eigenvalue weighted by Gasteiger charge is 2.13. The summed E-state index contributed by atoms with van der Waals surface area (Å²) in [6, 6.07) is 10.6. The topological polar surface area (TPSA) is 38.3 Å². The molecule has 0 unspecified atom stereocenters. The molecule has 128 valence electrons. The van der Waals surface area contributed by atoms with E-state index in [1.807, 2.05) is 24.3 Å². The lowest BCUT2D eigenvalue weighted by molar-refractivity contribution is 0.0943. The number of halogens is 2. The Morgan fingerprint density at radius 3 is 2.33 bits per heavy atom. The number of carbonyl (C=O) groups excluding carboxylic acids is 1. The van der Waals surface area contributed by atoms with Crippen molar-refractivity contribution < 1.29 is 18.3 Å². The lowest BCUT2D eigenvalue weighted by Gasteiger charge is -2.19. The van der Waals surface area contributed by atoms with Crippen molar-refractivity contribution in [2.75, 3.05) is 13.2 Å². The highest BCUT2D eigenvalue weighted by atomic mass is 19.1. The van der Waals surface area contributed by atoms with E-state index in [4.69, 9.17) is 4.74 Å². The predicted molar refractivity (Wildman–Crippen MR) is 89.3 cm³/mol. The normalized spacial score (nSPS) is 11.2. The predicted octanol–water partition coefficient (Wildman–Crippen LogP) is 4.07. The fourth-order valence-electron chi connectivity index (χ4n) is 2.15. The maximum atomic E-state index is 13.5. The molecule has 3 nitrogen and oxygen atoms in total. The van der Waals surface area contributed by atoms with Crippen molar-refractivity contribution in [1.29, 1.82) is 0 Å². The molecular formula is C19H21F2NO2. The van der Waals surface area contributed by atoms with E-state index in [9.17, 15) is 13.6 Å². The van der Waals surface area contributed by atoms with Crippen LogP contribution in [0.5, 0.6) is 5.75 Å². The van der Waals surface area contributed by atoms with Gasteiger partial charge >= 0.3 is 0 Å². The van der Waals surface area contributed by atoms with Crippen LogP contribution < -0.4 is 10.1 Å². The Kier molecular flexibility index (Phi) is 5.54. The van der Waals surface area contributed by atoms with Crippen LogP contribution in [-0.4, -0.2) is 19.1 Å². The Balaban J connectivity index is 1.81. The third kappa shape index (κ3) is 4.78. The standard InChI is InChI=1S/C19H21F2NO2/c1-19(2,3)13-4-7-15(8-5-13)24-11-10-22-18(23)16-9-6-14(20)12-17(16)21/h4-9,12H,10-11H2,1-3H3,(H,22,23). The van der Waals surface area contributed by atoms with Crippen LogP contribution in [0.3, 0.4) is 0 Å². The van der Waals surface area contributed by atoms with Gasteiger partial charge in [0.05, 0.1) is 12.1 Å². The number of hydrogen-bond acceptors (Lipinski definition) is 2. The Morgan fingerprint density at radius 2 is 1.75 bits per heavy atom. The zero-order chi connectivity index (χ0) is 17.7. The van der Waals surface area contributed by atoms with Crippen LogP contribution in [0.1, 0.15) is 36.7 Å². The molecule has 5 heteroatoms. The molecule has 0 heterocycles. The van der Waals surface area contributed by atoms with Crippen molar-refractivity contribution in [3.8, 4) is 5.75 Å². The Labute approximate surface area is 140 Å². The Morgan fingerprint density at radius 1 is 1.08 bits per heavy atom. The van der Waals surface area contributed by atoms with E-state index < -0.39 is 17.5 Å². The SMILES string of the molecule is CC(C)(C)c1ccc(OCCNC(=O)c2ccc(F)cc2F)cc1. The zero-order valence-corrected chi connectivity index (χ0v) is 14.0. The van der Waals surface area contributed by atoms with Crippen LogP contribution in [0.25, 0.3) is 0 Å². The van der Waals surface area contributed by atoms with E-state index >= 15 is 0 Å². The van der Waals surface area contributed by atoms with E-state index in [1.54, 1.807) is 0 Å². The summed E-state index contributed by atoms with van der Waals surface area (Å²) < 4.78 is 31.8. The lowest BCUT2D eigenvalue weighted by Crippen LogP contribution is -2.28. The lowest BCUT2D eigenvalue weighted by atomic mass is 9.87. The third-order valence-corrected chi connectivity index (χ3v) is 3.55. The molecule has 0 aliphatic rings. The van der Waals surface area contributed by atoms with Crippen LogP contribution in [0.4, 0.5) is 8.78 Å². The van der Waals surface area contributed by atoms with Crippen LogP contribution in [0.15, 0.2) is 42.5 Å². The van der Waals surface area contributed by atoms with E-state index in [-0.39, 0.29) is 24.1 Å². The molecule has 0 atom stereocenters. The third-order valence-electron chi connectivity index (χ3n) is 3.55. The van der Waals surface area contributed by atoms with Crippen molar-refractivity contribution >= 4 is 5.91 Å². The number of carbonyl (C=O) groups is 1. The maximum Gasteiger partial charge on any atom is 0.254 e. The quantitative estimate of drug-likeness (QED) is 0.838. The summed E-state index contributed by atoms with van der Waals surface area (Å²) >= 11 is 0. The average Bonchev–Trinajstić information content (AvgIpc) is 2.51. The molecule has 24 heavy (non-hydrogen) atoms. The number of nitrogens with one attached hydrogen (secondary N) is 1. The van der Waals surface area contributed by atoms with E-state index in [0.29, 0.717) is 11.8 Å². The molecule has 0 aromatic heterocycles. The van der Waals surface area contributed by atoms with Gasteiger partial charge in [0, 0.05) is 6.07 Å². The molecule has 2 aromatic carbocycles. The van der Waals surface area contributed by atoms with Crippen molar-refractivity contribution in [3.63, 3.8) is 0 Å². The van der Waals surface area contributed by atoms with E-state index in [0.717, 1.165) is 12.1 Å². The number of rotatable bonds is 5. The molecule has 0 saturated heterocycles. The molecule has 1 N–H and O–H groups in total. The second-order valence-electron chi connectivity index (χ2n) is 6.50. The Hall–Kier alpha value is -2.43. The second kappa shape index (κ2) is 7.43. The van der Waals surface area contributed by atoms with Gasteiger partial charge in [-0.2, -0.15) is 0 Å². The fraction of sp³-hybridized carbons (Fsp3) is 0.316. The first-order valence-corrected chi connectivity index (χ1v) is 7.74. The largest absolute Gasteiger partial charge is 0.492 e. The highest BCUT2D eigenvalue weighted by Crippen LogP contribution is 2.24. The van der Waals surface area contributed by atoms with Crippen LogP contribution in [0, 0.1) is 11.6 Å². The summed E-state index contributed by atoms with van der Waals surface area (Å²) in [5.41, 5.74) is 1.09. The van der Waals surface area contributed by atoms with Crippen molar-refractivity contribution in [2.24, 2.45) is 0 Å². The van der Waals surface area contributed by atoms with Gasteiger partial charge in [-0.05, 0) is 35.2 Å². The molecule has 2 rings (SSSR count). The van der Waals surface area contributed by atoms with Gasteiger partial charge in [0.15, 0.2) is 0 Å². The molecule has 0 fully saturated rings. The molecule has 0 aliphatic carbocycles. The smallest absolute Gasteiger partial charge is 0.254 e. The molecule has 1 amide bonds. The van der Waals surface area contributed by atoms with E-state index in [2.05, 4.69) is 26.1 Å². The molecular weight excluding hydrogens is 312 g/mol. The summed E-state index contributed by atoms with van der Waals surface area (Å²) in [5.74, 6) is -1.50. The minimum atomic E-state index is -0.883. The molecule has 0 saturated carbocycles. The summed E-state index contributed by atoms with van der Waals surface area (Å²) in [6.07, 6.45) is 0. The summed E-state index contributed by atoms with van der Waals surface area (Å²) in [7, 11) is 0. The number of hydrogen-bond donors (Lipinski definition) is 1. The Bertz CT molecular complexity index is 706. The summed E-state index contributed by atoms with van der Waals surface area (Å²) in [4.78, 5) is 11.8. The van der Waals surface area contributed by atoms with Gasteiger partial charge in [0.25, 0.3) is 5.91 Å². The van der Waals surface area contributed by atoms with Gasteiger partial charge in [0.2, 0.25) is 0 Å². The second-order valence-corrected chi connectivity index (χ2v) is 6.50. The van der Waals surface area contributed by atoms with Gasteiger partial charge in [-0.25, -0.2) is 8.78 Å². The molecule has 2 aromatic rings. The van der Waals surface area contributed by atoms with Crippen LogP contribution in [-0.2, 0) is 5.41 Å². The minimum absolute atomic E-state index is 0.0751. The van der Waals surface area contributed by atoms with Gasteiger partial charge in [-0.15, -0.1) is 0 Å². The average molecular weight is 333 g/mol. The molecule has 0 spiro atoms. The fourth-order valence-corrected chi connectivity index (χ4v) is 2.15. The maximum absolute atomic E-state index is 13.5. The monoisotopic (exact) mass is 333 g/mol. The zero-order valence-electron chi connectivity index (χ0n) is 14.0. The number of amides is 1. The molecule has 0 bridgehead atoms. The first kappa shape index (κ1) is 17.9. The van der Waals surface area contributed by atoms with Gasteiger partial charge < -0.3 is 10.1 Å². The number of benzene rings is 2. The van der Waals surface area contributed by atoms with Crippen LogP contribution in [0.2, 0.25) is 0 Å². The van der Waals surface area contributed by atoms with Crippen LogP contribution >= 0.6 is 0 Å². The summed E-state index contributed by atoms with van der Waals surface area (Å²) in [6.45, 7) is 6.87. The van der Waals surface area contributed by atoms with Crippen molar-refractivity contribution in [3.05, 3.63) is 65.2 Å². The molecule has 0 radical (unpaired) electrons.